The van der Waals surface area contributed by atoms with Gasteiger partial charge in [-0.3, -0.25) is 4.79 Å². The third kappa shape index (κ3) is 4.63. The van der Waals surface area contributed by atoms with Gasteiger partial charge in [0.15, 0.2) is 0 Å². The zero-order chi connectivity index (χ0) is 19.4. The van der Waals surface area contributed by atoms with Crippen LogP contribution in [-0.4, -0.2) is 10.9 Å². The summed E-state index contributed by atoms with van der Waals surface area (Å²) >= 11 is 0. The highest BCUT2D eigenvalue weighted by molar-refractivity contribution is 6.05. The third-order valence-corrected chi connectivity index (χ3v) is 3.79. The first-order valence-electron chi connectivity index (χ1n) is 8.02. The van der Waals surface area contributed by atoms with Gasteiger partial charge in [0.1, 0.15) is 24.1 Å². The van der Waals surface area contributed by atoms with E-state index in [1.54, 1.807) is 25.1 Å². The van der Waals surface area contributed by atoms with Crippen molar-refractivity contribution < 1.29 is 22.7 Å². The van der Waals surface area contributed by atoms with Crippen LogP contribution in [0.5, 0.6) is 5.88 Å². The van der Waals surface area contributed by atoms with E-state index in [1.165, 1.54) is 18.3 Å². The van der Waals surface area contributed by atoms with Gasteiger partial charge in [-0.15, -0.1) is 0 Å². The van der Waals surface area contributed by atoms with Gasteiger partial charge in [0.25, 0.3) is 5.91 Å². The Bertz CT molecular complexity index is 993. The maximum absolute atomic E-state index is 13.7. The number of amides is 1. The Morgan fingerprint density at radius 3 is 2.56 bits per heavy atom. The molecule has 1 heterocycles. The van der Waals surface area contributed by atoms with Gasteiger partial charge in [0, 0.05) is 18.3 Å². The molecule has 3 aromatic rings. The van der Waals surface area contributed by atoms with Crippen molar-refractivity contribution >= 4 is 11.6 Å². The molecule has 0 aliphatic rings. The summed E-state index contributed by atoms with van der Waals surface area (Å²) in [7, 11) is 0. The molecule has 1 N–H and O–H groups in total. The number of aryl methyl sites for hydroxylation is 1. The Hall–Kier alpha value is -3.35. The first-order chi connectivity index (χ1) is 12.9. The molecule has 27 heavy (non-hydrogen) atoms. The number of carbonyl (C=O) groups excluding carboxylic acids is 1. The number of rotatable bonds is 5. The molecule has 0 fully saturated rings. The summed E-state index contributed by atoms with van der Waals surface area (Å²) < 4.78 is 45.3. The second-order valence-electron chi connectivity index (χ2n) is 5.83. The zero-order valence-corrected chi connectivity index (χ0v) is 14.3. The number of halogens is 3. The van der Waals surface area contributed by atoms with E-state index in [1.807, 2.05) is 0 Å². The maximum Gasteiger partial charge on any atom is 0.257 e. The monoisotopic (exact) mass is 372 g/mol. The number of aromatic nitrogens is 1. The van der Waals surface area contributed by atoms with E-state index in [0.29, 0.717) is 17.2 Å². The largest absolute Gasteiger partial charge is 0.473 e. The molecule has 138 valence electrons. The molecule has 0 radical (unpaired) electrons. The quantitative estimate of drug-likeness (QED) is 0.710. The summed E-state index contributed by atoms with van der Waals surface area (Å²) in [5, 5.41) is 2.37. The lowest BCUT2D eigenvalue weighted by atomic mass is 10.1. The molecule has 3 rings (SSSR count). The smallest absolute Gasteiger partial charge is 0.257 e. The number of anilines is 1. The average molecular weight is 372 g/mol. The molecular weight excluding hydrogens is 357 g/mol. The van der Waals surface area contributed by atoms with Crippen LogP contribution in [0.25, 0.3) is 0 Å². The SMILES string of the molecule is Cc1cc(OCc2cccc(F)c2)ncc1C(=O)Nc1ccc(F)cc1F. The van der Waals surface area contributed by atoms with Crippen LogP contribution in [0.1, 0.15) is 21.5 Å². The Morgan fingerprint density at radius 1 is 1.07 bits per heavy atom. The van der Waals surface area contributed by atoms with E-state index in [9.17, 15) is 18.0 Å². The Balaban J connectivity index is 1.69. The van der Waals surface area contributed by atoms with Crippen molar-refractivity contribution in [2.45, 2.75) is 13.5 Å². The molecule has 7 heteroatoms. The average Bonchev–Trinajstić information content (AvgIpc) is 2.62. The predicted molar refractivity (Wildman–Crippen MR) is 94.0 cm³/mol. The van der Waals surface area contributed by atoms with Crippen LogP contribution in [0.3, 0.4) is 0 Å². The van der Waals surface area contributed by atoms with Gasteiger partial charge in [-0.1, -0.05) is 12.1 Å². The van der Waals surface area contributed by atoms with Gasteiger partial charge in [0.05, 0.1) is 11.3 Å². The second kappa shape index (κ2) is 7.90. The van der Waals surface area contributed by atoms with Gasteiger partial charge in [-0.2, -0.15) is 0 Å². The molecule has 0 atom stereocenters. The van der Waals surface area contributed by atoms with Crippen LogP contribution in [0.2, 0.25) is 0 Å². The number of hydrogen-bond donors (Lipinski definition) is 1. The van der Waals surface area contributed by atoms with Crippen molar-refractivity contribution in [3.05, 3.63) is 88.9 Å². The lowest BCUT2D eigenvalue weighted by molar-refractivity contribution is 0.102. The van der Waals surface area contributed by atoms with Crippen molar-refractivity contribution in [3.63, 3.8) is 0 Å². The van der Waals surface area contributed by atoms with E-state index in [2.05, 4.69) is 10.3 Å². The number of carbonyl (C=O) groups is 1. The van der Waals surface area contributed by atoms with E-state index in [0.717, 1.165) is 12.1 Å². The molecule has 1 aromatic heterocycles. The van der Waals surface area contributed by atoms with E-state index >= 15 is 0 Å². The predicted octanol–water partition coefficient (Wildman–Crippen LogP) is 4.64. The van der Waals surface area contributed by atoms with Gasteiger partial charge in [0.2, 0.25) is 5.88 Å². The summed E-state index contributed by atoms with van der Waals surface area (Å²) in [5.41, 5.74) is 1.28. The minimum atomic E-state index is -0.871. The summed E-state index contributed by atoms with van der Waals surface area (Å²) in [4.78, 5) is 16.4. The molecule has 0 saturated heterocycles. The molecule has 4 nitrogen and oxygen atoms in total. The molecule has 1 amide bonds. The van der Waals surface area contributed by atoms with Gasteiger partial charge >= 0.3 is 0 Å². The summed E-state index contributed by atoms with van der Waals surface area (Å²) in [5.74, 6) is -2.28. The number of benzene rings is 2. The molecular formula is C20H15F3N2O2. The van der Waals surface area contributed by atoms with Crippen LogP contribution in [0, 0.1) is 24.4 Å². The van der Waals surface area contributed by atoms with Crippen LogP contribution in [0.4, 0.5) is 18.9 Å². The third-order valence-electron chi connectivity index (χ3n) is 3.79. The fourth-order valence-electron chi connectivity index (χ4n) is 2.41. The van der Waals surface area contributed by atoms with Gasteiger partial charge in [-0.25, -0.2) is 18.2 Å². The maximum atomic E-state index is 13.7. The summed E-state index contributed by atoms with van der Waals surface area (Å²) in [6, 6.07) is 10.4. The van der Waals surface area contributed by atoms with E-state index in [4.69, 9.17) is 4.74 Å². The highest BCUT2D eigenvalue weighted by Crippen LogP contribution is 2.19. The zero-order valence-electron chi connectivity index (χ0n) is 14.3. The number of pyridine rings is 1. The molecule has 0 saturated carbocycles. The van der Waals surface area contributed by atoms with E-state index in [-0.39, 0.29) is 29.6 Å². The van der Waals surface area contributed by atoms with Gasteiger partial charge in [-0.05, 0) is 42.3 Å². The van der Waals surface area contributed by atoms with E-state index < -0.39 is 17.5 Å². The van der Waals surface area contributed by atoms with Crippen molar-refractivity contribution in [3.8, 4) is 5.88 Å². The van der Waals surface area contributed by atoms with Crippen LogP contribution in [-0.2, 0) is 6.61 Å². The highest BCUT2D eigenvalue weighted by Gasteiger charge is 2.14. The minimum Gasteiger partial charge on any atom is -0.473 e. The van der Waals surface area contributed by atoms with Gasteiger partial charge < -0.3 is 10.1 Å². The van der Waals surface area contributed by atoms with Crippen LogP contribution < -0.4 is 10.1 Å². The number of ether oxygens (including phenoxy) is 1. The van der Waals surface area contributed by atoms with Crippen molar-refractivity contribution in [1.82, 2.24) is 4.98 Å². The number of nitrogens with zero attached hydrogens (tertiary/aromatic N) is 1. The summed E-state index contributed by atoms with van der Waals surface area (Å²) in [6.45, 7) is 1.79. The molecule has 0 aliphatic carbocycles. The lowest BCUT2D eigenvalue weighted by Crippen LogP contribution is -2.15. The topological polar surface area (TPSA) is 51.2 Å². The minimum absolute atomic E-state index is 0.122. The van der Waals surface area contributed by atoms with Crippen LogP contribution in [0.15, 0.2) is 54.7 Å². The van der Waals surface area contributed by atoms with Crippen molar-refractivity contribution in [1.29, 1.82) is 0 Å². The fourth-order valence-corrected chi connectivity index (χ4v) is 2.41. The first-order valence-corrected chi connectivity index (χ1v) is 8.02. The highest BCUT2D eigenvalue weighted by atomic mass is 19.1. The Kier molecular flexibility index (Phi) is 5.40. The van der Waals surface area contributed by atoms with Crippen molar-refractivity contribution in [2.75, 3.05) is 5.32 Å². The summed E-state index contributed by atoms with van der Waals surface area (Å²) in [6.07, 6.45) is 1.30. The fraction of sp³-hybridized carbons (Fsp3) is 0.100. The Labute approximate surface area is 153 Å². The number of hydrogen-bond acceptors (Lipinski definition) is 3. The lowest BCUT2D eigenvalue weighted by Gasteiger charge is -2.10. The first kappa shape index (κ1) is 18.4. The molecule has 2 aromatic carbocycles. The van der Waals surface area contributed by atoms with Crippen LogP contribution >= 0.6 is 0 Å². The molecule has 0 spiro atoms. The normalized spacial score (nSPS) is 10.5. The van der Waals surface area contributed by atoms with Crippen molar-refractivity contribution in [2.24, 2.45) is 0 Å². The molecule has 0 unspecified atom stereocenters. The Morgan fingerprint density at radius 2 is 1.85 bits per heavy atom. The second-order valence-corrected chi connectivity index (χ2v) is 5.83. The molecule has 0 aliphatic heterocycles. The standard InChI is InChI=1S/C20H15F3N2O2/c1-12-7-19(27-11-13-3-2-4-14(21)8-13)24-10-16(12)20(26)25-18-6-5-15(22)9-17(18)23/h2-10H,11H2,1H3,(H,25,26). The molecule has 0 bridgehead atoms. The number of nitrogens with one attached hydrogen (secondary N) is 1.